The first-order valence-corrected chi connectivity index (χ1v) is 6.14. The summed E-state index contributed by atoms with van der Waals surface area (Å²) >= 11 is 6.16. The van der Waals surface area contributed by atoms with Crippen molar-refractivity contribution in [2.45, 2.75) is 32.2 Å². The number of aromatic hydroxyl groups is 1. The average molecular weight is 242 g/mol. The molecule has 0 aliphatic carbocycles. The Bertz CT molecular complexity index is 315. The van der Waals surface area contributed by atoms with E-state index < -0.39 is 0 Å². The Kier molecular flexibility index (Phi) is 5.64. The molecule has 0 heterocycles. The van der Waals surface area contributed by atoms with E-state index in [0.29, 0.717) is 11.7 Å². The first-order valence-electron chi connectivity index (χ1n) is 5.70. The Balaban J connectivity index is 2.25. The van der Waals surface area contributed by atoms with Crippen LogP contribution in [-0.2, 0) is 6.54 Å². The van der Waals surface area contributed by atoms with Gasteiger partial charge in [-0.15, -0.1) is 11.6 Å². The van der Waals surface area contributed by atoms with Gasteiger partial charge in [0.1, 0.15) is 5.75 Å². The molecule has 3 heteroatoms. The van der Waals surface area contributed by atoms with Crippen LogP contribution in [0, 0.1) is 5.92 Å². The highest BCUT2D eigenvalue weighted by Gasteiger charge is 2.06. The van der Waals surface area contributed by atoms with Crippen molar-refractivity contribution in [2.24, 2.45) is 5.92 Å². The second kappa shape index (κ2) is 6.77. The van der Waals surface area contributed by atoms with E-state index in [2.05, 4.69) is 19.2 Å². The van der Waals surface area contributed by atoms with Gasteiger partial charge in [0.05, 0.1) is 0 Å². The molecule has 1 unspecified atom stereocenters. The van der Waals surface area contributed by atoms with Gasteiger partial charge in [-0.3, -0.25) is 0 Å². The lowest BCUT2D eigenvalue weighted by Gasteiger charge is -2.12. The molecule has 0 aromatic heterocycles. The second-order valence-corrected chi connectivity index (χ2v) is 5.14. The Morgan fingerprint density at radius 2 is 2.12 bits per heavy atom. The van der Waals surface area contributed by atoms with Crippen LogP contribution in [0.5, 0.6) is 5.75 Å². The van der Waals surface area contributed by atoms with Crippen molar-refractivity contribution < 1.29 is 5.11 Å². The largest absolute Gasteiger partial charge is 0.508 e. The SMILES string of the molecule is CC(C)CC(Cl)CNCc1cccc(O)c1. The molecule has 0 aliphatic heterocycles. The zero-order chi connectivity index (χ0) is 12.0. The van der Waals surface area contributed by atoms with Crippen molar-refractivity contribution in [3.05, 3.63) is 29.8 Å². The lowest BCUT2D eigenvalue weighted by molar-refractivity contribution is 0.474. The second-order valence-electron chi connectivity index (χ2n) is 4.53. The summed E-state index contributed by atoms with van der Waals surface area (Å²) < 4.78 is 0. The standard InChI is InChI=1S/C13H20ClNO/c1-10(2)6-12(14)9-15-8-11-4-3-5-13(16)7-11/h3-5,7,10,12,15-16H,6,8-9H2,1-2H3. The number of hydrogen-bond donors (Lipinski definition) is 2. The van der Waals surface area contributed by atoms with Gasteiger partial charge in [-0.25, -0.2) is 0 Å². The Morgan fingerprint density at radius 3 is 2.75 bits per heavy atom. The minimum atomic E-state index is 0.178. The molecule has 0 bridgehead atoms. The number of nitrogens with one attached hydrogen (secondary N) is 1. The molecule has 16 heavy (non-hydrogen) atoms. The number of phenols is 1. The van der Waals surface area contributed by atoms with E-state index in [1.54, 1.807) is 12.1 Å². The minimum Gasteiger partial charge on any atom is -0.508 e. The quantitative estimate of drug-likeness (QED) is 0.750. The Hall–Kier alpha value is -0.730. The number of hydrogen-bond acceptors (Lipinski definition) is 2. The molecule has 1 rings (SSSR count). The molecule has 0 spiro atoms. The van der Waals surface area contributed by atoms with Crippen LogP contribution >= 0.6 is 11.6 Å². The van der Waals surface area contributed by atoms with Crippen molar-refractivity contribution in [2.75, 3.05) is 6.54 Å². The van der Waals surface area contributed by atoms with E-state index in [4.69, 9.17) is 11.6 Å². The van der Waals surface area contributed by atoms with E-state index in [1.165, 1.54) is 0 Å². The zero-order valence-electron chi connectivity index (χ0n) is 9.91. The lowest BCUT2D eigenvalue weighted by atomic mass is 10.1. The van der Waals surface area contributed by atoms with Gasteiger partial charge in [-0.05, 0) is 30.0 Å². The predicted molar refractivity (Wildman–Crippen MR) is 68.9 cm³/mol. The van der Waals surface area contributed by atoms with Crippen molar-refractivity contribution in [3.8, 4) is 5.75 Å². The summed E-state index contributed by atoms with van der Waals surface area (Å²) in [7, 11) is 0. The summed E-state index contributed by atoms with van der Waals surface area (Å²) in [6.07, 6.45) is 1.02. The molecule has 0 saturated heterocycles. The average Bonchev–Trinajstić information content (AvgIpc) is 2.16. The van der Waals surface area contributed by atoms with Crippen LogP contribution in [0.2, 0.25) is 0 Å². The van der Waals surface area contributed by atoms with Crippen molar-refractivity contribution >= 4 is 11.6 Å². The van der Waals surface area contributed by atoms with Gasteiger partial charge in [-0.2, -0.15) is 0 Å². The van der Waals surface area contributed by atoms with Gasteiger partial charge in [-0.1, -0.05) is 26.0 Å². The van der Waals surface area contributed by atoms with Crippen LogP contribution in [0.3, 0.4) is 0 Å². The highest BCUT2D eigenvalue weighted by molar-refractivity contribution is 6.20. The molecule has 0 radical (unpaired) electrons. The van der Waals surface area contributed by atoms with Gasteiger partial charge >= 0.3 is 0 Å². The minimum absolute atomic E-state index is 0.178. The molecule has 90 valence electrons. The number of rotatable bonds is 6. The Labute approximate surface area is 103 Å². The van der Waals surface area contributed by atoms with Crippen LogP contribution in [0.25, 0.3) is 0 Å². The summed E-state index contributed by atoms with van der Waals surface area (Å²) in [5, 5.41) is 12.8. The monoisotopic (exact) mass is 241 g/mol. The first kappa shape index (κ1) is 13.3. The Morgan fingerprint density at radius 1 is 1.38 bits per heavy atom. The number of benzene rings is 1. The summed E-state index contributed by atoms with van der Waals surface area (Å²) in [6, 6.07) is 7.27. The molecule has 0 saturated carbocycles. The van der Waals surface area contributed by atoms with E-state index in [0.717, 1.165) is 25.1 Å². The molecule has 0 fully saturated rings. The van der Waals surface area contributed by atoms with E-state index in [-0.39, 0.29) is 5.38 Å². The van der Waals surface area contributed by atoms with E-state index >= 15 is 0 Å². The summed E-state index contributed by atoms with van der Waals surface area (Å²) in [6.45, 7) is 5.89. The molecular weight excluding hydrogens is 222 g/mol. The van der Waals surface area contributed by atoms with Gasteiger partial charge in [0, 0.05) is 18.5 Å². The van der Waals surface area contributed by atoms with Crippen molar-refractivity contribution in [1.29, 1.82) is 0 Å². The smallest absolute Gasteiger partial charge is 0.115 e. The molecular formula is C13H20ClNO. The fourth-order valence-electron chi connectivity index (χ4n) is 1.63. The molecule has 0 aliphatic rings. The normalized spacial score (nSPS) is 13.0. The molecule has 2 nitrogen and oxygen atoms in total. The van der Waals surface area contributed by atoms with E-state index in [9.17, 15) is 5.11 Å². The molecule has 1 aromatic rings. The van der Waals surface area contributed by atoms with E-state index in [1.807, 2.05) is 12.1 Å². The van der Waals surface area contributed by atoms with Crippen molar-refractivity contribution in [3.63, 3.8) is 0 Å². The third-order valence-electron chi connectivity index (χ3n) is 2.33. The third kappa shape index (κ3) is 5.38. The topological polar surface area (TPSA) is 32.3 Å². The number of phenolic OH excluding ortho intramolecular Hbond substituents is 1. The summed E-state index contributed by atoms with van der Waals surface area (Å²) in [5.41, 5.74) is 1.08. The van der Waals surface area contributed by atoms with Crippen molar-refractivity contribution in [1.82, 2.24) is 5.32 Å². The summed E-state index contributed by atoms with van der Waals surface area (Å²) in [4.78, 5) is 0. The number of alkyl halides is 1. The van der Waals surface area contributed by atoms with Crippen LogP contribution in [0.4, 0.5) is 0 Å². The molecule has 2 N–H and O–H groups in total. The van der Waals surface area contributed by atoms with Crippen LogP contribution in [-0.4, -0.2) is 17.0 Å². The first-order chi connectivity index (χ1) is 7.58. The fraction of sp³-hybridized carbons (Fsp3) is 0.538. The molecule has 1 atom stereocenters. The van der Waals surface area contributed by atoms with Crippen LogP contribution < -0.4 is 5.32 Å². The zero-order valence-corrected chi connectivity index (χ0v) is 10.7. The molecule has 1 aromatic carbocycles. The third-order valence-corrected chi connectivity index (χ3v) is 2.67. The van der Waals surface area contributed by atoms with Gasteiger partial charge in [0.25, 0.3) is 0 Å². The highest BCUT2D eigenvalue weighted by Crippen LogP contribution is 2.12. The maximum atomic E-state index is 9.29. The maximum Gasteiger partial charge on any atom is 0.115 e. The van der Waals surface area contributed by atoms with Crippen LogP contribution in [0.1, 0.15) is 25.8 Å². The van der Waals surface area contributed by atoms with Gasteiger partial charge < -0.3 is 10.4 Å². The lowest BCUT2D eigenvalue weighted by Crippen LogP contribution is -2.23. The van der Waals surface area contributed by atoms with Gasteiger partial charge in [0.2, 0.25) is 0 Å². The van der Waals surface area contributed by atoms with Gasteiger partial charge in [0.15, 0.2) is 0 Å². The van der Waals surface area contributed by atoms with Crippen LogP contribution in [0.15, 0.2) is 24.3 Å². The predicted octanol–water partition coefficient (Wildman–Crippen LogP) is 3.14. The fourth-order valence-corrected chi connectivity index (χ4v) is 2.10. The highest BCUT2D eigenvalue weighted by atomic mass is 35.5. The molecule has 0 amide bonds. The summed E-state index contributed by atoms with van der Waals surface area (Å²) in [5.74, 6) is 0.939. The maximum absolute atomic E-state index is 9.29. The number of halogens is 1.